The maximum atomic E-state index is 11.4. The van der Waals surface area contributed by atoms with Gasteiger partial charge in [0.05, 0.1) is 0 Å². The lowest BCUT2D eigenvalue weighted by Crippen LogP contribution is -2.29. The van der Waals surface area contributed by atoms with E-state index in [9.17, 15) is 4.79 Å². The van der Waals surface area contributed by atoms with E-state index in [-0.39, 0.29) is 5.91 Å². The number of rotatable bonds is 6. The van der Waals surface area contributed by atoms with Crippen LogP contribution in [0.5, 0.6) is 0 Å². The van der Waals surface area contributed by atoms with Crippen LogP contribution >= 0.6 is 0 Å². The molecule has 0 aliphatic carbocycles. The molecule has 0 saturated carbocycles. The fourth-order valence-corrected chi connectivity index (χ4v) is 1.75. The van der Waals surface area contributed by atoms with Gasteiger partial charge in [-0.05, 0) is 38.3 Å². The van der Waals surface area contributed by atoms with Crippen LogP contribution in [0.3, 0.4) is 0 Å². The van der Waals surface area contributed by atoms with Crippen molar-refractivity contribution in [3.8, 4) is 12.3 Å². The van der Waals surface area contributed by atoms with Gasteiger partial charge in [0.1, 0.15) is 0 Å². The summed E-state index contributed by atoms with van der Waals surface area (Å²) >= 11 is 0. The van der Waals surface area contributed by atoms with Crippen molar-refractivity contribution in [1.82, 2.24) is 10.6 Å². The molecule has 1 unspecified atom stereocenters. The van der Waals surface area contributed by atoms with Gasteiger partial charge in [-0.15, -0.1) is 12.3 Å². The molecule has 1 fully saturated rings. The Morgan fingerprint density at radius 1 is 1.53 bits per heavy atom. The van der Waals surface area contributed by atoms with Crippen LogP contribution in [0.1, 0.15) is 32.1 Å². The highest BCUT2D eigenvalue weighted by atomic mass is 16.1. The molecule has 1 amide bonds. The third kappa shape index (κ3) is 5.44. The highest BCUT2D eigenvalue weighted by molar-refractivity contribution is 5.75. The topological polar surface area (TPSA) is 41.1 Å². The number of hydrogen-bond donors (Lipinski definition) is 2. The zero-order valence-electron chi connectivity index (χ0n) is 9.22. The van der Waals surface area contributed by atoms with Crippen LogP contribution in [0.2, 0.25) is 0 Å². The quantitative estimate of drug-likeness (QED) is 0.503. The zero-order valence-corrected chi connectivity index (χ0v) is 9.22. The predicted octanol–water partition coefficient (Wildman–Crippen LogP) is 0.906. The minimum absolute atomic E-state index is 0.166. The van der Waals surface area contributed by atoms with Crippen LogP contribution in [0.25, 0.3) is 0 Å². The van der Waals surface area contributed by atoms with Crippen LogP contribution < -0.4 is 10.6 Å². The lowest BCUT2D eigenvalue weighted by atomic mass is 10.1. The van der Waals surface area contributed by atoms with Crippen LogP contribution in [0, 0.1) is 18.3 Å². The minimum Gasteiger partial charge on any atom is -0.356 e. The van der Waals surface area contributed by atoms with Gasteiger partial charge in [-0.25, -0.2) is 0 Å². The molecule has 0 aromatic carbocycles. The summed E-state index contributed by atoms with van der Waals surface area (Å²) in [6, 6.07) is 0. The number of nitrogens with one attached hydrogen (secondary N) is 2. The van der Waals surface area contributed by atoms with Gasteiger partial charge in [0.2, 0.25) is 5.91 Å². The maximum Gasteiger partial charge on any atom is 0.220 e. The maximum absolute atomic E-state index is 11.4. The normalized spacial score (nSPS) is 19.8. The molecular weight excluding hydrogens is 188 g/mol. The van der Waals surface area contributed by atoms with Gasteiger partial charge in [-0.2, -0.15) is 0 Å². The fourth-order valence-electron chi connectivity index (χ4n) is 1.75. The Kier molecular flexibility index (Phi) is 5.87. The summed E-state index contributed by atoms with van der Waals surface area (Å²) in [7, 11) is 0. The summed E-state index contributed by atoms with van der Waals surface area (Å²) in [5.74, 6) is 3.37. The van der Waals surface area contributed by atoms with Crippen molar-refractivity contribution in [2.45, 2.75) is 32.1 Å². The van der Waals surface area contributed by atoms with E-state index >= 15 is 0 Å². The summed E-state index contributed by atoms with van der Waals surface area (Å²) in [5, 5.41) is 6.25. The molecule has 0 spiro atoms. The van der Waals surface area contributed by atoms with Gasteiger partial charge in [-0.1, -0.05) is 0 Å². The smallest absolute Gasteiger partial charge is 0.220 e. The van der Waals surface area contributed by atoms with Crippen molar-refractivity contribution < 1.29 is 4.79 Å². The number of terminal acetylenes is 1. The Hall–Kier alpha value is -1.01. The van der Waals surface area contributed by atoms with Crippen molar-refractivity contribution in [2.75, 3.05) is 19.6 Å². The molecule has 1 aliphatic heterocycles. The molecule has 0 aromatic rings. The lowest BCUT2D eigenvalue weighted by molar-refractivity contribution is -0.121. The van der Waals surface area contributed by atoms with E-state index in [0.717, 1.165) is 38.9 Å². The number of carbonyl (C=O) groups is 1. The van der Waals surface area contributed by atoms with E-state index in [2.05, 4.69) is 16.6 Å². The minimum atomic E-state index is 0.166. The molecule has 1 heterocycles. The fraction of sp³-hybridized carbons (Fsp3) is 0.750. The molecule has 84 valence electrons. The molecule has 0 radical (unpaired) electrons. The molecule has 15 heavy (non-hydrogen) atoms. The highest BCUT2D eigenvalue weighted by Gasteiger charge is 2.14. The number of amides is 1. The Bertz CT molecular complexity index is 226. The van der Waals surface area contributed by atoms with E-state index in [4.69, 9.17) is 6.42 Å². The van der Waals surface area contributed by atoms with Crippen molar-refractivity contribution in [1.29, 1.82) is 0 Å². The van der Waals surface area contributed by atoms with Gasteiger partial charge >= 0.3 is 0 Å². The Morgan fingerprint density at radius 2 is 2.40 bits per heavy atom. The van der Waals surface area contributed by atoms with Gasteiger partial charge in [-0.3, -0.25) is 4.79 Å². The molecule has 1 aliphatic rings. The number of hydrogen-bond acceptors (Lipinski definition) is 2. The zero-order chi connectivity index (χ0) is 10.9. The average molecular weight is 208 g/mol. The van der Waals surface area contributed by atoms with Crippen LogP contribution in [-0.2, 0) is 4.79 Å². The molecule has 1 atom stereocenters. The Morgan fingerprint density at radius 3 is 3.07 bits per heavy atom. The first-order chi connectivity index (χ1) is 7.33. The van der Waals surface area contributed by atoms with Crippen molar-refractivity contribution in [3.63, 3.8) is 0 Å². The first-order valence-electron chi connectivity index (χ1n) is 5.74. The standard InChI is InChI=1S/C12H20N2O/c1-2-3-4-5-6-12(15)14-10-11-7-8-13-9-11/h1,11,13H,3-10H2,(H,14,15). The van der Waals surface area contributed by atoms with E-state index in [1.807, 2.05) is 0 Å². The summed E-state index contributed by atoms with van der Waals surface area (Å²) in [6.07, 6.45) is 9.55. The predicted molar refractivity (Wildman–Crippen MR) is 61.3 cm³/mol. The van der Waals surface area contributed by atoms with Gasteiger partial charge in [0.15, 0.2) is 0 Å². The molecule has 1 rings (SSSR count). The first kappa shape index (κ1) is 12.1. The van der Waals surface area contributed by atoms with Crippen LogP contribution in [-0.4, -0.2) is 25.5 Å². The monoisotopic (exact) mass is 208 g/mol. The first-order valence-corrected chi connectivity index (χ1v) is 5.74. The summed E-state index contributed by atoms with van der Waals surface area (Å²) in [4.78, 5) is 11.4. The van der Waals surface area contributed by atoms with Gasteiger partial charge < -0.3 is 10.6 Å². The molecule has 0 bridgehead atoms. The molecular formula is C12H20N2O. The molecule has 0 aromatic heterocycles. The van der Waals surface area contributed by atoms with E-state index in [1.54, 1.807) is 0 Å². The third-order valence-corrected chi connectivity index (χ3v) is 2.73. The number of carbonyl (C=O) groups excluding carboxylic acids is 1. The van der Waals surface area contributed by atoms with E-state index in [0.29, 0.717) is 12.3 Å². The summed E-state index contributed by atoms with van der Waals surface area (Å²) in [5.41, 5.74) is 0. The number of unbranched alkanes of at least 4 members (excludes halogenated alkanes) is 2. The largest absolute Gasteiger partial charge is 0.356 e. The Labute approximate surface area is 92.0 Å². The second-order valence-corrected chi connectivity index (χ2v) is 4.07. The molecule has 2 N–H and O–H groups in total. The van der Waals surface area contributed by atoms with Crippen LogP contribution in [0.4, 0.5) is 0 Å². The van der Waals surface area contributed by atoms with Crippen molar-refractivity contribution in [2.24, 2.45) is 5.92 Å². The Balaban J connectivity index is 1.96. The molecule has 3 nitrogen and oxygen atoms in total. The summed E-state index contributed by atoms with van der Waals surface area (Å²) in [6.45, 7) is 2.95. The highest BCUT2D eigenvalue weighted by Crippen LogP contribution is 2.05. The molecule has 3 heteroatoms. The van der Waals surface area contributed by atoms with Crippen molar-refractivity contribution >= 4 is 5.91 Å². The second-order valence-electron chi connectivity index (χ2n) is 4.07. The lowest BCUT2D eigenvalue weighted by Gasteiger charge is -2.09. The third-order valence-electron chi connectivity index (χ3n) is 2.73. The second kappa shape index (κ2) is 7.30. The van der Waals surface area contributed by atoms with E-state index < -0.39 is 0 Å². The average Bonchev–Trinajstić information content (AvgIpc) is 2.74. The van der Waals surface area contributed by atoms with Gasteiger partial charge in [0.25, 0.3) is 0 Å². The SMILES string of the molecule is C#CCCCCC(=O)NCC1CCNC1. The van der Waals surface area contributed by atoms with Crippen molar-refractivity contribution in [3.05, 3.63) is 0 Å². The summed E-state index contributed by atoms with van der Waals surface area (Å²) < 4.78 is 0. The van der Waals surface area contributed by atoms with Gasteiger partial charge in [0, 0.05) is 19.4 Å². The van der Waals surface area contributed by atoms with Crippen LogP contribution in [0.15, 0.2) is 0 Å². The van der Waals surface area contributed by atoms with E-state index in [1.165, 1.54) is 6.42 Å². The molecule has 1 saturated heterocycles.